The van der Waals surface area contributed by atoms with Gasteiger partial charge >= 0.3 is 0 Å². The largest absolute Gasteiger partial charge is 0.436 e. The highest BCUT2D eigenvalue weighted by atomic mass is 35.5. The number of anilines is 1. The number of carbonyl (C=O) groups excluding carboxylic acids is 1. The smallest absolute Gasteiger partial charge is 0.287 e. The van der Waals surface area contributed by atoms with Crippen molar-refractivity contribution < 1.29 is 14.1 Å². The van der Waals surface area contributed by atoms with Crippen molar-refractivity contribution in [3.8, 4) is 11.5 Å². The molecule has 5 rings (SSSR count). The lowest BCUT2D eigenvalue weighted by atomic mass is 10.2. The molecule has 33 heavy (non-hydrogen) atoms. The molecule has 0 aliphatic rings. The predicted octanol–water partition coefficient (Wildman–Crippen LogP) is 7.49. The third-order valence-electron chi connectivity index (χ3n) is 5.04. The molecular weight excluding hydrogens is 485 g/mol. The molecule has 7 nitrogen and oxygen atoms in total. The fourth-order valence-electron chi connectivity index (χ4n) is 3.45. The minimum Gasteiger partial charge on any atom is -0.436 e. The number of nitrogens with zero attached hydrogens (tertiary/aromatic N) is 2. The van der Waals surface area contributed by atoms with Gasteiger partial charge in [0.1, 0.15) is 15.1 Å². The van der Waals surface area contributed by atoms with Crippen molar-refractivity contribution in [1.29, 1.82) is 0 Å². The number of non-ortho nitro benzene ring substituents is 1. The van der Waals surface area contributed by atoms with Crippen molar-refractivity contribution in [2.24, 2.45) is 0 Å². The minimum atomic E-state index is -0.525. The number of nitro groups is 1. The summed E-state index contributed by atoms with van der Waals surface area (Å²) < 4.78 is 6.20. The van der Waals surface area contributed by atoms with Gasteiger partial charge in [0, 0.05) is 17.0 Å². The normalized spacial score (nSPS) is 11.2. The predicted molar refractivity (Wildman–Crippen MR) is 131 cm³/mol. The van der Waals surface area contributed by atoms with Crippen LogP contribution in [0.15, 0.2) is 59.0 Å². The van der Waals surface area contributed by atoms with E-state index in [1.807, 2.05) is 25.1 Å². The summed E-state index contributed by atoms with van der Waals surface area (Å²) in [6, 6.07) is 15.3. The molecule has 0 radical (unpaired) electrons. The molecule has 0 atom stereocenters. The van der Waals surface area contributed by atoms with Crippen LogP contribution in [0.25, 0.3) is 32.6 Å². The van der Waals surface area contributed by atoms with Crippen LogP contribution in [0.3, 0.4) is 0 Å². The van der Waals surface area contributed by atoms with Crippen LogP contribution >= 0.6 is 34.5 Å². The molecule has 2 aromatic heterocycles. The summed E-state index contributed by atoms with van der Waals surface area (Å²) in [5.74, 6) is -0.138. The van der Waals surface area contributed by atoms with Gasteiger partial charge in [0.05, 0.1) is 20.7 Å². The molecule has 1 amide bonds. The number of thiophene rings is 1. The first-order chi connectivity index (χ1) is 15.8. The number of hydrogen-bond donors (Lipinski definition) is 1. The van der Waals surface area contributed by atoms with Gasteiger partial charge in [-0.15, -0.1) is 11.3 Å². The summed E-state index contributed by atoms with van der Waals surface area (Å²) in [7, 11) is 0. The molecule has 0 saturated carbocycles. The zero-order valence-electron chi connectivity index (χ0n) is 16.9. The quantitative estimate of drug-likeness (QED) is 0.205. The maximum Gasteiger partial charge on any atom is 0.287 e. The van der Waals surface area contributed by atoms with Gasteiger partial charge < -0.3 is 9.73 Å². The van der Waals surface area contributed by atoms with Crippen LogP contribution in [0.5, 0.6) is 0 Å². The van der Waals surface area contributed by atoms with Crippen LogP contribution < -0.4 is 5.32 Å². The molecule has 3 aromatic carbocycles. The van der Waals surface area contributed by atoms with Crippen LogP contribution in [0, 0.1) is 17.0 Å². The lowest BCUT2D eigenvalue weighted by Gasteiger charge is -2.08. The summed E-state index contributed by atoms with van der Waals surface area (Å²) in [5.41, 5.74) is 3.28. The van der Waals surface area contributed by atoms with Gasteiger partial charge in [-0.2, -0.15) is 0 Å². The monoisotopic (exact) mass is 497 g/mol. The molecule has 1 N–H and O–H groups in total. The molecule has 0 spiro atoms. The number of amides is 1. The Morgan fingerprint density at radius 1 is 1.15 bits per heavy atom. The zero-order chi connectivity index (χ0) is 23.3. The molecule has 2 heterocycles. The number of hydrogen-bond acceptors (Lipinski definition) is 6. The number of oxazole rings is 1. The van der Waals surface area contributed by atoms with Crippen molar-refractivity contribution in [1.82, 2.24) is 4.98 Å². The summed E-state index contributed by atoms with van der Waals surface area (Å²) in [6.45, 7) is 1.96. The average Bonchev–Trinajstić information content (AvgIpc) is 3.36. The average molecular weight is 498 g/mol. The van der Waals surface area contributed by atoms with E-state index in [-0.39, 0.29) is 15.6 Å². The SMILES string of the molecule is Cc1ccc2nc(-c3ccc(Cl)c(NC(=O)c4sc5c([N+](=O)[O-])cccc5c4Cl)c3)oc2c1. The number of benzene rings is 3. The second-order valence-electron chi connectivity index (χ2n) is 7.30. The molecule has 0 aliphatic carbocycles. The number of halogens is 2. The van der Waals surface area contributed by atoms with Crippen molar-refractivity contribution in [2.75, 3.05) is 5.32 Å². The third kappa shape index (κ3) is 3.82. The lowest BCUT2D eigenvalue weighted by molar-refractivity contribution is -0.382. The Morgan fingerprint density at radius 3 is 2.76 bits per heavy atom. The second kappa shape index (κ2) is 8.15. The Morgan fingerprint density at radius 2 is 1.97 bits per heavy atom. The fourth-order valence-corrected chi connectivity index (χ4v) is 5.11. The number of rotatable bonds is 4. The van der Waals surface area contributed by atoms with Gasteiger partial charge in [-0.3, -0.25) is 14.9 Å². The molecule has 164 valence electrons. The van der Waals surface area contributed by atoms with Gasteiger partial charge in [-0.1, -0.05) is 41.4 Å². The molecule has 0 fully saturated rings. The zero-order valence-corrected chi connectivity index (χ0v) is 19.2. The van der Waals surface area contributed by atoms with Crippen LogP contribution in [0.4, 0.5) is 11.4 Å². The molecule has 5 aromatic rings. The van der Waals surface area contributed by atoms with Gasteiger partial charge in [0.2, 0.25) is 5.89 Å². The van der Waals surface area contributed by atoms with E-state index in [0.29, 0.717) is 37.8 Å². The van der Waals surface area contributed by atoms with Crippen molar-refractivity contribution in [3.63, 3.8) is 0 Å². The number of fused-ring (bicyclic) bond motifs is 2. The van der Waals surface area contributed by atoms with E-state index < -0.39 is 10.8 Å². The number of nitrogens with one attached hydrogen (secondary N) is 1. The standard InChI is InChI=1S/C23H13Cl2N3O4S/c1-11-5-8-15-18(9-11)32-23(27-15)12-6-7-14(24)16(10-12)26-22(29)21-19(25)13-3-2-4-17(28(30)31)20(13)33-21/h2-10H,1H3,(H,26,29). The Bertz CT molecular complexity index is 1590. The van der Waals surface area contributed by atoms with E-state index in [1.165, 1.54) is 12.1 Å². The van der Waals surface area contributed by atoms with Crippen molar-refractivity contribution in [3.05, 3.63) is 85.2 Å². The van der Waals surface area contributed by atoms with Crippen LogP contribution in [0.1, 0.15) is 15.2 Å². The van der Waals surface area contributed by atoms with E-state index in [4.69, 9.17) is 27.6 Å². The maximum atomic E-state index is 13.0. The van der Waals surface area contributed by atoms with E-state index in [9.17, 15) is 14.9 Å². The molecule has 0 bridgehead atoms. The Balaban J connectivity index is 1.50. The van der Waals surface area contributed by atoms with Gasteiger partial charge in [-0.25, -0.2) is 4.98 Å². The molecule has 0 unspecified atom stereocenters. The molecule has 10 heteroatoms. The number of aromatic nitrogens is 1. The highest BCUT2D eigenvalue weighted by molar-refractivity contribution is 7.22. The molecule has 0 saturated heterocycles. The van der Waals surface area contributed by atoms with E-state index in [2.05, 4.69) is 10.3 Å². The first-order valence-electron chi connectivity index (χ1n) is 9.65. The van der Waals surface area contributed by atoms with Crippen molar-refractivity contribution >= 4 is 73.0 Å². The number of nitro benzene ring substituents is 1. The van der Waals surface area contributed by atoms with Gasteiger partial charge in [0.15, 0.2) is 5.58 Å². The van der Waals surface area contributed by atoms with Gasteiger partial charge in [0.25, 0.3) is 11.6 Å². The number of carbonyl (C=O) groups is 1. The highest BCUT2D eigenvalue weighted by Crippen LogP contribution is 2.41. The Labute approximate surface area is 200 Å². The van der Waals surface area contributed by atoms with Crippen LogP contribution in [-0.4, -0.2) is 15.8 Å². The van der Waals surface area contributed by atoms with Crippen molar-refractivity contribution in [2.45, 2.75) is 6.92 Å². The first kappa shape index (κ1) is 21.4. The summed E-state index contributed by atoms with van der Waals surface area (Å²) >= 11 is 13.7. The summed E-state index contributed by atoms with van der Waals surface area (Å²) in [6.07, 6.45) is 0. The van der Waals surface area contributed by atoms with E-state index in [1.54, 1.807) is 24.3 Å². The minimum absolute atomic E-state index is 0.107. The van der Waals surface area contributed by atoms with Gasteiger partial charge in [-0.05, 0) is 42.8 Å². The summed E-state index contributed by atoms with van der Waals surface area (Å²) in [5, 5.41) is 15.0. The highest BCUT2D eigenvalue weighted by Gasteiger charge is 2.23. The lowest BCUT2D eigenvalue weighted by Crippen LogP contribution is -2.11. The topological polar surface area (TPSA) is 98.3 Å². The Kier molecular flexibility index (Phi) is 5.28. The second-order valence-corrected chi connectivity index (χ2v) is 9.10. The van der Waals surface area contributed by atoms with Crippen LogP contribution in [0.2, 0.25) is 10.0 Å². The van der Waals surface area contributed by atoms with E-state index in [0.717, 1.165) is 22.4 Å². The Hall–Kier alpha value is -3.46. The first-order valence-corrected chi connectivity index (χ1v) is 11.2. The van der Waals surface area contributed by atoms with Crippen LogP contribution in [-0.2, 0) is 0 Å². The van der Waals surface area contributed by atoms with E-state index >= 15 is 0 Å². The number of aryl methyl sites for hydroxylation is 1. The molecule has 0 aliphatic heterocycles. The fraction of sp³-hybridized carbons (Fsp3) is 0.0435. The third-order valence-corrected chi connectivity index (χ3v) is 7.10. The summed E-state index contributed by atoms with van der Waals surface area (Å²) in [4.78, 5) is 28.5. The molecular formula is C23H13Cl2N3O4S. The maximum absolute atomic E-state index is 13.0.